The maximum Gasteiger partial charge on any atom is 0.363 e. The lowest BCUT2D eigenvalue weighted by Gasteiger charge is -2.13. The second-order valence-electron chi connectivity index (χ2n) is 5.75. The van der Waals surface area contributed by atoms with Gasteiger partial charge in [0.2, 0.25) is 0 Å². The smallest absolute Gasteiger partial charge is 0.363 e. The van der Waals surface area contributed by atoms with E-state index in [1.54, 1.807) is 44.9 Å². The summed E-state index contributed by atoms with van der Waals surface area (Å²) in [4.78, 5) is 41.5. The third kappa shape index (κ3) is 3.92. The highest BCUT2D eigenvalue weighted by Crippen LogP contribution is 2.18. The summed E-state index contributed by atoms with van der Waals surface area (Å²) in [6.45, 7) is 1.62. The van der Waals surface area contributed by atoms with Gasteiger partial charge in [-0.15, -0.1) is 0 Å². The van der Waals surface area contributed by atoms with Crippen molar-refractivity contribution in [2.45, 2.75) is 6.92 Å². The van der Waals surface area contributed by atoms with Crippen LogP contribution < -0.4 is 15.5 Å². The van der Waals surface area contributed by atoms with Crippen LogP contribution in [0.3, 0.4) is 0 Å². The number of rotatable bonds is 6. The van der Waals surface area contributed by atoms with Crippen molar-refractivity contribution in [1.82, 2.24) is 19.9 Å². The molecule has 0 aromatic carbocycles. The number of esters is 1. The molecule has 0 bridgehead atoms. The van der Waals surface area contributed by atoms with Crippen LogP contribution in [0.4, 0.5) is 17.8 Å². The van der Waals surface area contributed by atoms with Gasteiger partial charge in [0.15, 0.2) is 6.54 Å². The van der Waals surface area contributed by atoms with Crippen molar-refractivity contribution in [3.63, 3.8) is 0 Å². The van der Waals surface area contributed by atoms with Crippen molar-refractivity contribution < 1.29 is 18.9 Å². The Morgan fingerprint density at radius 3 is 2.24 bits per heavy atom. The fourth-order valence-electron chi connectivity index (χ4n) is 2.12. The lowest BCUT2D eigenvalue weighted by molar-refractivity contribution is -0.432. The molecule has 1 aliphatic rings. The highest BCUT2D eigenvalue weighted by atomic mass is 16.5. The number of aromatic nitrogens is 3. The molecule has 1 aromatic heterocycles. The van der Waals surface area contributed by atoms with Crippen molar-refractivity contribution in [3.8, 4) is 0 Å². The van der Waals surface area contributed by atoms with Gasteiger partial charge in [-0.2, -0.15) is 4.98 Å². The van der Waals surface area contributed by atoms with Crippen LogP contribution >= 0.6 is 0 Å². The molecule has 1 amide bonds. The number of carbonyl (C=O) groups excluding carboxylic acids is 2. The molecule has 0 fully saturated rings. The first-order valence-corrected chi connectivity index (χ1v) is 7.71. The number of nitrogens with two attached hydrogens (primary N) is 1. The Bertz CT molecular complexity index is 690. The largest absolute Gasteiger partial charge is 0.464 e. The number of anilines is 2. The number of hydrogen-bond donors (Lipinski definition) is 1. The number of carbonyl (C=O) groups is 2. The first-order chi connectivity index (χ1) is 11.7. The second kappa shape index (κ2) is 7.28. The maximum absolute atomic E-state index is 12.2. The summed E-state index contributed by atoms with van der Waals surface area (Å²) in [6.07, 6.45) is 0. The Hall–Kier alpha value is -2.98. The van der Waals surface area contributed by atoms with Crippen molar-refractivity contribution in [1.29, 1.82) is 0 Å². The van der Waals surface area contributed by atoms with E-state index < -0.39 is 5.97 Å². The van der Waals surface area contributed by atoms with E-state index in [9.17, 15) is 9.59 Å². The molecule has 11 nitrogen and oxygen atoms in total. The predicted octanol–water partition coefficient (Wildman–Crippen LogP) is -1.63. The van der Waals surface area contributed by atoms with Crippen molar-refractivity contribution in [3.05, 3.63) is 0 Å². The number of amides is 1. The molecular formula is C14H23N8O3+. The van der Waals surface area contributed by atoms with E-state index in [-0.39, 0.29) is 37.5 Å². The molecule has 2 N–H and O–H groups in total. The molecule has 0 aliphatic carbocycles. The topological polar surface area (TPSA) is 121 Å². The molecule has 136 valence electrons. The van der Waals surface area contributed by atoms with Crippen LogP contribution in [0.15, 0.2) is 0 Å². The highest BCUT2D eigenvalue weighted by molar-refractivity contribution is 6.00. The van der Waals surface area contributed by atoms with E-state index in [1.807, 2.05) is 0 Å². The van der Waals surface area contributed by atoms with Crippen LogP contribution in [-0.2, 0) is 14.3 Å². The molecule has 0 saturated heterocycles. The molecule has 2 rings (SSSR count). The summed E-state index contributed by atoms with van der Waals surface area (Å²) in [5, 5.41) is 0. The average molecular weight is 351 g/mol. The lowest BCUT2D eigenvalue weighted by atomic mass is 10.5. The Balaban J connectivity index is 2.41. The van der Waals surface area contributed by atoms with E-state index in [0.717, 1.165) is 4.90 Å². The monoisotopic (exact) mass is 351 g/mol. The second-order valence-corrected chi connectivity index (χ2v) is 5.75. The SMILES string of the molecule is CCOC(=O)CN1C(=O)C[N+](c2nc(N(C)C)nc(N(C)C)n2)=C1N. The van der Waals surface area contributed by atoms with Gasteiger partial charge >= 0.3 is 11.9 Å². The van der Waals surface area contributed by atoms with Gasteiger partial charge in [-0.25, -0.2) is 14.3 Å². The van der Waals surface area contributed by atoms with E-state index in [2.05, 4.69) is 15.0 Å². The van der Waals surface area contributed by atoms with Crippen LogP contribution in [0, 0.1) is 0 Å². The summed E-state index contributed by atoms with van der Waals surface area (Å²) < 4.78 is 6.32. The lowest BCUT2D eigenvalue weighted by Crippen LogP contribution is -2.42. The minimum absolute atomic E-state index is 0.0605. The van der Waals surface area contributed by atoms with Crippen LogP contribution in [-0.4, -0.2) is 90.2 Å². The molecule has 0 spiro atoms. The first kappa shape index (κ1) is 18.4. The molecular weight excluding hydrogens is 328 g/mol. The molecule has 25 heavy (non-hydrogen) atoms. The Morgan fingerprint density at radius 1 is 1.20 bits per heavy atom. The zero-order valence-electron chi connectivity index (χ0n) is 15.1. The fourth-order valence-corrected chi connectivity index (χ4v) is 2.12. The summed E-state index contributed by atoms with van der Waals surface area (Å²) in [7, 11) is 7.20. The number of hydrogen-bond acceptors (Lipinski definition) is 9. The Labute approximate surface area is 145 Å². The van der Waals surface area contributed by atoms with E-state index in [4.69, 9.17) is 10.5 Å². The van der Waals surface area contributed by atoms with E-state index in [1.165, 1.54) is 4.58 Å². The molecule has 0 radical (unpaired) electrons. The van der Waals surface area contributed by atoms with Crippen LogP contribution in [0.5, 0.6) is 0 Å². The van der Waals surface area contributed by atoms with Crippen molar-refractivity contribution in [2.24, 2.45) is 5.73 Å². The molecule has 11 heteroatoms. The van der Waals surface area contributed by atoms with E-state index in [0.29, 0.717) is 11.9 Å². The first-order valence-electron chi connectivity index (χ1n) is 7.71. The predicted molar refractivity (Wildman–Crippen MR) is 90.8 cm³/mol. The normalized spacial score (nSPS) is 14.1. The summed E-state index contributed by atoms with van der Waals surface area (Å²) >= 11 is 0. The molecule has 0 atom stereocenters. The minimum atomic E-state index is -0.528. The van der Waals surface area contributed by atoms with Gasteiger partial charge < -0.3 is 20.3 Å². The van der Waals surface area contributed by atoms with Gasteiger partial charge in [-0.3, -0.25) is 4.79 Å². The Morgan fingerprint density at radius 2 is 1.76 bits per heavy atom. The zero-order chi connectivity index (χ0) is 18.7. The Kier molecular flexibility index (Phi) is 5.35. The number of ether oxygens (including phenoxy) is 1. The minimum Gasteiger partial charge on any atom is -0.464 e. The fraction of sp³-hybridized carbons (Fsp3) is 0.571. The molecule has 0 saturated carbocycles. The number of guanidine groups is 1. The van der Waals surface area contributed by atoms with E-state index >= 15 is 0 Å². The summed E-state index contributed by atoms with van der Waals surface area (Å²) in [5.74, 6) is 0.317. The van der Waals surface area contributed by atoms with Crippen molar-refractivity contribution in [2.75, 3.05) is 57.7 Å². The van der Waals surface area contributed by atoms with Gasteiger partial charge in [-0.05, 0) is 6.92 Å². The quantitative estimate of drug-likeness (QED) is 0.475. The average Bonchev–Trinajstić information content (AvgIpc) is 2.82. The molecule has 2 heterocycles. The third-order valence-corrected chi connectivity index (χ3v) is 3.38. The summed E-state index contributed by atoms with van der Waals surface area (Å²) in [6, 6.07) is 0. The van der Waals surface area contributed by atoms with Gasteiger partial charge in [0.25, 0.3) is 23.8 Å². The number of nitrogens with zero attached hydrogens (tertiary/aromatic N) is 7. The molecule has 0 unspecified atom stereocenters. The van der Waals surface area contributed by atoms with Gasteiger partial charge in [0.1, 0.15) is 6.54 Å². The van der Waals surface area contributed by atoms with Gasteiger partial charge in [-0.1, -0.05) is 9.97 Å². The zero-order valence-corrected chi connectivity index (χ0v) is 15.1. The van der Waals surface area contributed by atoms with Gasteiger partial charge in [0, 0.05) is 28.2 Å². The standard InChI is InChI=1S/C14H22N8O3/c1-6-25-10(24)8-21-9(23)7-22(11(21)15)14-17-12(19(2)3)16-13(18-14)20(4)5/h15H,6-8H2,1-5H3/p+1. The van der Waals surface area contributed by atoms with Gasteiger partial charge in [0.05, 0.1) is 6.61 Å². The third-order valence-electron chi connectivity index (χ3n) is 3.38. The molecule has 1 aliphatic heterocycles. The highest BCUT2D eigenvalue weighted by Gasteiger charge is 2.37. The summed E-state index contributed by atoms with van der Waals surface area (Å²) in [5.41, 5.74) is 6.05. The van der Waals surface area contributed by atoms with Crippen LogP contribution in [0.25, 0.3) is 0 Å². The van der Waals surface area contributed by atoms with Crippen molar-refractivity contribution >= 4 is 35.7 Å². The molecule has 1 aromatic rings. The maximum atomic E-state index is 12.2. The van der Waals surface area contributed by atoms with Crippen LogP contribution in [0.2, 0.25) is 0 Å². The van der Waals surface area contributed by atoms with Crippen LogP contribution in [0.1, 0.15) is 6.92 Å².